The van der Waals surface area contributed by atoms with Crippen molar-refractivity contribution in [2.45, 2.75) is 19.5 Å². The topological polar surface area (TPSA) is 64.7 Å². The van der Waals surface area contributed by atoms with Gasteiger partial charge in [0, 0.05) is 39.3 Å². The van der Waals surface area contributed by atoms with Crippen molar-refractivity contribution in [3.8, 4) is 0 Å². The molecule has 128 valence electrons. The highest BCUT2D eigenvalue weighted by Gasteiger charge is 2.18. The second kappa shape index (κ2) is 9.09. The third-order valence-corrected chi connectivity index (χ3v) is 3.60. The van der Waals surface area contributed by atoms with Crippen LogP contribution in [0, 0.1) is 5.82 Å². The number of hydrogen-bond donors (Lipinski definition) is 2. The molecule has 0 bridgehead atoms. The van der Waals surface area contributed by atoms with E-state index in [-0.39, 0.29) is 30.3 Å². The Morgan fingerprint density at radius 3 is 2.43 bits per heavy atom. The number of hydrogen-bond acceptors (Lipinski definition) is 3. The van der Waals surface area contributed by atoms with Crippen molar-refractivity contribution in [3.63, 3.8) is 0 Å². The lowest BCUT2D eigenvalue weighted by Gasteiger charge is -2.24. The third kappa shape index (κ3) is 6.23. The van der Waals surface area contributed by atoms with Gasteiger partial charge < -0.3 is 15.5 Å². The van der Waals surface area contributed by atoms with Gasteiger partial charge >= 0.3 is 6.03 Å². The molecule has 3 amide bonds. The third-order valence-electron chi connectivity index (χ3n) is 3.60. The Morgan fingerprint density at radius 1 is 1.17 bits per heavy atom. The average molecular weight is 324 g/mol. The van der Waals surface area contributed by atoms with E-state index in [0.717, 1.165) is 0 Å². The summed E-state index contributed by atoms with van der Waals surface area (Å²) in [5.74, 6) is -0.519. The quantitative estimate of drug-likeness (QED) is 0.787. The Morgan fingerprint density at radius 2 is 1.83 bits per heavy atom. The lowest BCUT2D eigenvalue weighted by molar-refractivity contribution is -0.125. The fourth-order valence-electron chi connectivity index (χ4n) is 1.86. The van der Waals surface area contributed by atoms with Crippen LogP contribution in [-0.4, -0.2) is 62.0 Å². The van der Waals surface area contributed by atoms with Gasteiger partial charge in [-0.25, -0.2) is 9.18 Å². The van der Waals surface area contributed by atoms with E-state index in [2.05, 4.69) is 10.6 Å². The van der Waals surface area contributed by atoms with Crippen LogP contribution in [0.15, 0.2) is 24.3 Å². The SMILES string of the molecule is C[C@@H](C(=O)NCc1ccccc1F)N(C)CCNC(=O)N(C)C. The minimum absolute atomic E-state index is 0.154. The summed E-state index contributed by atoms with van der Waals surface area (Å²) in [6, 6.07) is 5.80. The number of likely N-dealkylation sites (N-methyl/N-ethyl adjacent to an activating group) is 1. The summed E-state index contributed by atoms with van der Waals surface area (Å²) in [6.07, 6.45) is 0. The molecular weight excluding hydrogens is 299 g/mol. The molecule has 7 heteroatoms. The zero-order valence-electron chi connectivity index (χ0n) is 14.1. The van der Waals surface area contributed by atoms with Crippen LogP contribution in [0.2, 0.25) is 0 Å². The highest BCUT2D eigenvalue weighted by Crippen LogP contribution is 2.06. The van der Waals surface area contributed by atoms with Crippen molar-refractivity contribution in [2.75, 3.05) is 34.2 Å². The van der Waals surface area contributed by atoms with Gasteiger partial charge in [0.15, 0.2) is 0 Å². The highest BCUT2D eigenvalue weighted by atomic mass is 19.1. The molecule has 1 rings (SSSR count). The molecule has 1 atom stereocenters. The number of carbonyl (C=O) groups is 2. The van der Waals surface area contributed by atoms with Crippen molar-refractivity contribution in [2.24, 2.45) is 0 Å². The van der Waals surface area contributed by atoms with E-state index in [1.165, 1.54) is 11.0 Å². The van der Waals surface area contributed by atoms with Crippen molar-refractivity contribution in [3.05, 3.63) is 35.6 Å². The van der Waals surface area contributed by atoms with Gasteiger partial charge in [0.25, 0.3) is 0 Å². The largest absolute Gasteiger partial charge is 0.351 e. The number of amides is 3. The molecule has 0 aliphatic heterocycles. The van der Waals surface area contributed by atoms with Crippen molar-refractivity contribution >= 4 is 11.9 Å². The Balaban J connectivity index is 2.37. The molecule has 1 aromatic carbocycles. The molecule has 0 aliphatic rings. The highest BCUT2D eigenvalue weighted by molar-refractivity contribution is 5.81. The number of nitrogens with zero attached hydrogens (tertiary/aromatic N) is 2. The van der Waals surface area contributed by atoms with Gasteiger partial charge in [0.2, 0.25) is 5.91 Å². The molecule has 1 aromatic rings. The Hall–Kier alpha value is -2.15. The molecular formula is C16H25FN4O2. The fraction of sp³-hybridized carbons (Fsp3) is 0.500. The first kappa shape index (κ1) is 18.9. The molecule has 0 saturated carbocycles. The summed E-state index contributed by atoms with van der Waals surface area (Å²) in [7, 11) is 5.13. The van der Waals surface area contributed by atoms with Gasteiger partial charge in [-0.1, -0.05) is 18.2 Å². The van der Waals surface area contributed by atoms with E-state index >= 15 is 0 Å². The molecule has 23 heavy (non-hydrogen) atoms. The fourth-order valence-corrected chi connectivity index (χ4v) is 1.86. The minimum atomic E-state index is -0.377. The molecule has 0 fully saturated rings. The standard InChI is InChI=1S/C16H25FN4O2/c1-12(21(4)10-9-18-16(23)20(2)3)15(22)19-11-13-7-5-6-8-14(13)17/h5-8,12H,9-11H2,1-4H3,(H,18,23)(H,19,22)/t12-/m0/s1. The van der Waals surface area contributed by atoms with Crippen molar-refractivity contribution in [1.82, 2.24) is 20.4 Å². The first-order valence-electron chi connectivity index (χ1n) is 7.49. The second-order valence-corrected chi connectivity index (χ2v) is 5.59. The molecule has 0 heterocycles. The van der Waals surface area contributed by atoms with Gasteiger partial charge in [-0.3, -0.25) is 9.69 Å². The maximum atomic E-state index is 13.5. The van der Waals surface area contributed by atoms with E-state index < -0.39 is 0 Å². The minimum Gasteiger partial charge on any atom is -0.351 e. The summed E-state index contributed by atoms with van der Waals surface area (Å²) in [6.45, 7) is 2.90. The number of rotatable bonds is 7. The number of nitrogens with one attached hydrogen (secondary N) is 2. The van der Waals surface area contributed by atoms with Crippen LogP contribution in [0.3, 0.4) is 0 Å². The molecule has 0 spiro atoms. The molecule has 0 unspecified atom stereocenters. The Kier molecular flexibility index (Phi) is 7.47. The van der Waals surface area contributed by atoms with Crippen LogP contribution >= 0.6 is 0 Å². The van der Waals surface area contributed by atoms with Gasteiger partial charge in [0.05, 0.1) is 6.04 Å². The summed E-state index contributed by atoms with van der Waals surface area (Å²) in [5, 5.41) is 5.46. The smallest absolute Gasteiger partial charge is 0.316 e. The van der Waals surface area contributed by atoms with Crippen LogP contribution < -0.4 is 10.6 Å². The predicted octanol–water partition coefficient (Wildman–Crippen LogP) is 1.03. The van der Waals surface area contributed by atoms with Gasteiger partial charge in [-0.05, 0) is 20.0 Å². The monoisotopic (exact) mass is 324 g/mol. The van der Waals surface area contributed by atoms with E-state index in [0.29, 0.717) is 18.7 Å². The summed E-state index contributed by atoms with van der Waals surface area (Å²) in [4.78, 5) is 26.8. The van der Waals surface area contributed by atoms with Gasteiger partial charge in [-0.2, -0.15) is 0 Å². The summed E-state index contributed by atoms with van der Waals surface area (Å²) >= 11 is 0. The lowest BCUT2D eigenvalue weighted by Crippen LogP contribution is -2.46. The van der Waals surface area contributed by atoms with Crippen LogP contribution in [0.4, 0.5) is 9.18 Å². The molecule has 2 N–H and O–H groups in total. The van der Waals surface area contributed by atoms with E-state index in [9.17, 15) is 14.0 Å². The number of carbonyl (C=O) groups excluding carboxylic acids is 2. The second-order valence-electron chi connectivity index (χ2n) is 5.59. The van der Waals surface area contributed by atoms with Crippen molar-refractivity contribution < 1.29 is 14.0 Å². The molecule has 0 aromatic heterocycles. The van der Waals surface area contributed by atoms with Crippen LogP contribution in [0.25, 0.3) is 0 Å². The number of halogens is 1. The molecule has 6 nitrogen and oxygen atoms in total. The van der Waals surface area contributed by atoms with Crippen LogP contribution in [0.1, 0.15) is 12.5 Å². The van der Waals surface area contributed by atoms with Gasteiger partial charge in [0.1, 0.15) is 5.82 Å². The van der Waals surface area contributed by atoms with Crippen LogP contribution in [0.5, 0.6) is 0 Å². The molecule has 0 aliphatic carbocycles. The van der Waals surface area contributed by atoms with E-state index in [1.54, 1.807) is 46.3 Å². The van der Waals surface area contributed by atoms with E-state index in [1.807, 2.05) is 4.90 Å². The number of benzene rings is 1. The summed E-state index contributed by atoms with van der Waals surface area (Å²) in [5.41, 5.74) is 0.453. The normalized spacial score (nSPS) is 11.9. The Bertz CT molecular complexity index is 537. The summed E-state index contributed by atoms with van der Waals surface area (Å²) < 4.78 is 13.5. The predicted molar refractivity (Wildman–Crippen MR) is 87.4 cm³/mol. The molecule has 0 saturated heterocycles. The number of urea groups is 1. The maximum absolute atomic E-state index is 13.5. The molecule has 0 radical (unpaired) electrons. The first-order chi connectivity index (χ1) is 10.8. The van der Waals surface area contributed by atoms with Gasteiger partial charge in [-0.15, -0.1) is 0 Å². The van der Waals surface area contributed by atoms with Crippen LogP contribution in [-0.2, 0) is 11.3 Å². The zero-order chi connectivity index (χ0) is 17.4. The van der Waals surface area contributed by atoms with Crippen molar-refractivity contribution in [1.29, 1.82) is 0 Å². The first-order valence-corrected chi connectivity index (χ1v) is 7.49. The lowest BCUT2D eigenvalue weighted by atomic mass is 10.2. The maximum Gasteiger partial charge on any atom is 0.316 e. The zero-order valence-corrected chi connectivity index (χ0v) is 14.1. The Labute approximate surface area is 136 Å². The van der Waals surface area contributed by atoms with E-state index in [4.69, 9.17) is 0 Å². The average Bonchev–Trinajstić information content (AvgIpc) is 2.52.